The Kier molecular flexibility index (Phi) is 7.02. The number of amides is 1. The number of anilines is 2. The lowest BCUT2D eigenvalue weighted by Crippen LogP contribution is -2.34. The van der Waals surface area contributed by atoms with Crippen LogP contribution in [0.2, 0.25) is 0 Å². The molecule has 0 saturated carbocycles. The minimum absolute atomic E-state index is 0.0710. The van der Waals surface area contributed by atoms with Crippen LogP contribution in [0.4, 0.5) is 17.1 Å². The van der Waals surface area contributed by atoms with Crippen molar-refractivity contribution in [1.82, 2.24) is 20.3 Å². The third-order valence-corrected chi connectivity index (χ3v) is 7.52. The molecule has 1 fully saturated rings. The SMILES string of the molecule is Cc1cc2nn(-c3cccc4ccccc34)nc2cc1NC(=S)NC(=O)c1ccc(N2CCCCC2)c([N+](=O)[O-])c1. The Morgan fingerprint density at radius 2 is 1.66 bits per heavy atom. The van der Waals surface area contributed by atoms with Gasteiger partial charge in [-0.05, 0) is 79.7 Å². The van der Waals surface area contributed by atoms with Gasteiger partial charge < -0.3 is 10.2 Å². The van der Waals surface area contributed by atoms with Crippen LogP contribution in [0.1, 0.15) is 35.2 Å². The molecule has 6 rings (SSSR count). The summed E-state index contributed by atoms with van der Waals surface area (Å²) in [6.07, 6.45) is 3.10. The Balaban J connectivity index is 1.20. The first-order valence-electron chi connectivity index (χ1n) is 13.4. The number of piperidine rings is 1. The predicted molar refractivity (Wildman–Crippen MR) is 164 cm³/mol. The van der Waals surface area contributed by atoms with Gasteiger partial charge in [0.15, 0.2) is 5.11 Å². The van der Waals surface area contributed by atoms with E-state index < -0.39 is 10.8 Å². The molecule has 4 aromatic carbocycles. The highest BCUT2D eigenvalue weighted by atomic mass is 32.1. The molecule has 0 aliphatic carbocycles. The molecule has 2 heterocycles. The van der Waals surface area contributed by atoms with Crippen LogP contribution in [0.3, 0.4) is 0 Å². The molecule has 206 valence electrons. The van der Waals surface area contributed by atoms with Gasteiger partial charge in [-0.3, -0.25) is 20.2 Å². The van der Waals surface area contributed by atoms with Crippen molar-refractivity contribution in [2.24, 2.45) is 0 Å². The van der Waals surface area contributed by atoms with Crippen molar-refractivity contribution in [1.29, 1.82) is 0 Å². The molecule has 1 aromatic heterocycles. The average molecular weight is 566 g/mol. The number of carbonyl (C=O) groups is 1. The number of nitro groups is 1. The maximum atomic E-state index is 13.0. The maximum Gasteiger partial charge on any atom is 0.293 e. The molecule has 0 radical (unpaired) electrons. The van der Waals surface area contributed by atoms with Gasteiger partial charge in [-0.1, -0.05) is 36.4 Å². The Morgan fingerprint density at radius 3 is 2.44 bits per heavy atom. The number of thiocarbonyl (C=S) groups is 1. The van der Waals surface area contributed by atoms with Gasteiger partial charge in [0.25, 0.3) is 11.6 Å². The van der Waals surface area contributed by atoms with Gasteiger partial charge in [-0.15, -0.1) is 15.0 Å². The number of aryl methyl sites for hydroxylation is 1. The molecule has 41 heavy (non-hydrogen) atoms. The topological polar surface area (TPSA) is 118 Å². The third kappa shape index (κ3) is 5.31. The van der Waals surface area contributed by atoms with Crippen molar-refractivity contribution in [3.63, 3.8) is 0 Å². The van der Waals surface area contributed by atoms with Gasteiger partial charge in [-0.25, -0.2) is 0 Å². The second kappa shape index (κ2) is 10.9. The summed E-state index contributed by atoms with van der Waals surface area (Å²) in [5, 5.41) is 29.1. The largest absolute Gasteiger partial charge is 0.366 e. The molecule has 1 aliphatic heterocycles. The second-order valence-corrected chi connectivity index (χ2v) is 10.5. The number of nitro benzene ring substituents is 1. The van der Waals surface area contributed by atoms with E-state index in [1.165, 1.54) is 6.07 Å². The fourth-order valence-electron chi connectivity index (χ4n) is 5.24. The fourth-order valence-corrected chi connectivity index (χ4v) is 5.44. The smallest absolute Gasteiger partial charge is 0.293 e. The minimum atomic E-state index is -0.531. The lowest BCUT2D eigenvalue weighted by atomic mass is 10.1. The van der Waals surface area contributed by atoms with E-state index in [1.807, 2.05) is 66.4 Å². The number of hydrogen-bond donors (Lipinski definition) is 2. The van der Waals surface area contributed by atoms with Crippen LogP contribution >= 0.6 is 12.2 Å². The van der Waals surface area contributed by atoms with Crippen LogP contribution in [0.25, 0.3) is 27.5 Å². The van der Waals surface area contributed by atoms with E-state index in [0.717, 1.165) is 59.9 Å². The zero-order valence-corrected chi connectivity index (χ0v) is 23.1. The van der Waals surface area contributed by atoms with Crippen LogP contribution in [0, 0.1) is 17.0 Å². The lowest BCUT2D eigenvalue weighted by Gasteiger charge is -2.28. The molecule has 1 saturated heterocycles. The van der Waals surface area contributed by atoms with Gasteiger partial charge in [0.05, 0.1) is 10.6 Å². The molecule has 2 N–H and O–H groups in total. The van der Waals surface area contributed by atoms with Crippen molar-refractivity contribution in [3.8, 4) is 5.69 Å². The summed E-state index contributed by atoms with van der Waals surface area (Å²) in [5.74, 6) is -0.531. The highest BCUT2D eigenvalue weighted by Crippen LogP contribution is 2.31. The number of aromatic nitrogens is 3. The summed E-state index contributed by atoms with van der Waals surface area (Å²) in [6.45, 7) is 3.44. The quantitative estimate of drug-likeness (QED) is 0.153. The second-order valence-electron chi connectivity index (χ2n) is 10.1. The molecule has 11 heteroatoms. The van der Waals surface area contributed by atoms with E-state index in [1.54, 1.807) is 16.9 Å². The van der Waals surface area contributed by atoms with E-state index >= 15 is 0 Å². The molecular formula is C30H27N7O3S. The van der Waals surface area contributed by atoms with Crippen LogP contribution in [0.5, 0.6) is 0 Å². The fraction of sp³-hybridized carbons (Fsp3) is 0.200. The molecular weight excluding hydrogens is 538 g/mol. The minimum Gasteiger partial charge on any atom is -0.366 e. The van der Waals surface area contributed by atoms with E-state index in [4.69, 9.17) is 17.3 Å². The summed E-state index contributed by atoms with van der Waals surface area (Å²) in [5.41, 5.74) is 4.38. The Morgan fingerprint density at radius 1 is 0.927 bits per heavy atom. The maximum absolute atomic E-state index is 13.0. The van der Waals surface area contributed by atoms with Crippen molar-refractivity contribution >= 4 is 62.1 Å². The molecule has 1 amide bonds. The van der Waals surface area contributed by atoms with E-state index in [2.05, 4.69) is 15.7 Å². The molecule has 10 nitrogen and oxygen atoms in total. The van der Waals surface area contributed by atoms with E-state index in [-0.39, 0.29) is 16.4 Å². The van der Waals surface area contributed by atoms with Crippen molar-refractivity contribution in [3.05, 3.63) is 94.0 Å². The number of hydrogen-bond acceptors (Lipinski definition) is 7. The average Bonchev–Trinajstić information content (AvgIpc) is 3.39. The van der Waals surface area contributed by atoms with Crippen LogP contribution < -0.4 is 15.5 Å². The highest BCUT2D eigenvalue weighted by Gasteiger charge is 2.23. The lowest BCUT2D eigenvalue weighted by molar-refractivity contribution is -0.384. The summed E-state index contributed by atoms with van der Waals surface area (Å²) < 4.78 is 0. The molecule has 5 aromatic rings. The number of carbonyl (C=O) groups excluding carboxylic acids is 1. The molecule has 0 unspecified atom stereocenters. The standard InChI is InChI=1S/C30H27N7O3S/c1-19-16-24-25(34-36(33-24)26-11-7-9-20-8-3-4-10-22(20)26)18-23(19)31-30(41)32-29(38)21-12-13-27(28(17-21)37(39)40)35-14-5-2-6-15-35/h3-4,7-13,16-18H,2,5-6,14-15H2,1H3,(H2,31,32,38,41). The first-order chi connectivity index (χ1) is 19.9. The summed E-state index contributed by atoms with van der Waals surface area (Å²) >= 11 is 5.42. The molecule has 0 atom stereocenters. The van der Waals surface area contributed by atoms with Crippen molar-refractivity contribution in [2.75, 3.05) is 23.3 Å². The predicted octanol–water partition coefficient (Wildman–Crippen LogP) is 5.91. The van der Waals surface area contributed by atoms with Gasteiger partial charge >= 0.3 is 0 Å². The van der Waals surface area contributed by atoms with E-state index in [0.29, 0.717) is 16.9 Å². The van der Waals surface area contributed by atoms with E-state index in [9.17, 15) is 14.9 Å². The van der Waals surface area contributed by atoms with Gasteiger partial charge in [0, 0.05) is 35.8 Å². The number of benzene rings is 4. The Labute approximate surface area is 241 Å². The first kappa shape index (κ1) is 26.3. The van der Waals surface area contributed by atoms with Crippen molar-refractivity contribution < 1.29 is 9.72 Å². The number of fused-ring (bicyclic) bond motifs is 2. The highest BCUT2D eigenvalue weighted by molar-refractivity contribution is 7.80. The normalized spacial score (nSPS) is 13.3. The number of nitrogens with zero attached hydrogens (tertiary/aromatic N) is 5. The Hall–Kier alpha value is -4.90. The summed E-state index contributed by atoms with van der Waals surface area (Å²) in [7, 11) is 0. The number of nitrogens with one attached hydrogen (secondary N) is 2. The summed E-state index contributed by atoms with van der Waals surface area (Å²) in [6, 6.07) is 22.3. The molecule has 1 aliphatic rings. The van der Waals surface area contributed by atoms with Crippen molar-refractivity contribution in [2.45, 2.75) is 26.2 Å². The molecule has 0 spiro atoms. The van der Waals surface area contributed by atoms with Crippen LogP contribution in [-0.4, -0.2) is 44.0 Å². The van der Waals surface area contributed by atoms with Crippen LogP contribution in [0.15, 0.2) is 72.8 Å². The van der Waals surface area contributed by atoms with Gasteiger partial charge in [-0.2, -0.15) is 0 Å². The zero-order chi connectivity index (χ0) is 28.5. The van der Waals surface area contributed by atoms with Gasteiger partial charge in [0.2, 0.25) is 0 Å². The monoisotopic (exact) mass is 565 g/mol. The number of rotatable bonds is 5. The zero-order valence-electron chi connectivity index (χ0n) is 22.3. The molecule has 0 bridgehead atoms. The first-order valence-corrected chi connectivity index (χ1v) is 13.8. The van der Waals surface area contributed by atoms with Gasteiger partial charge in [0.1, 0.15) is 16.7 Å². The van der Waals surface area contributed by atoms with Crippen LogP contribution in [-0.2, 0) is 0 Å². The Bertz CT molecular complexity index is 1820. The third-order valence-electron chi connectivity index (χ3n) is 7.31. The summed E-state index contributed by atoms with van der Waals surface area (Å²) in [4.78, 5) is 28.0.